The average Bonchev–Trinajstić information content (AvgIpc) is 2.07. The molecule has 0 N–H and O–H groups in total. The summed E-state index contributed by atoms with van der Waals surface area (Å²) < 4.78 is 5.05. The Morgan fingerprint density at radius 1 is 1.45 bits per heavy atom. The number of hydrogen-bond donors (Lipinski definition) is 0. The van der Waals surface area contributed by atoms with Crippen LogP contribution in [0.1, 0.15) is 32.6 Å². The Morgan fingerprint density at radius 3 is 2.73 bits per heavy atom. The Kier molecular flexibility index (Phi) is 3.65. The molecule has 62 valence electrons. The minimum atomic E-state index is 1.06. The van der Waals surface area contributed by atoms with E-state index in [1.165, 1.54) is 19.3 Å². The molecule has 1 unspecified atom stereocenters. The molecule has 1 aliphatic rings. The van der Waals surface area contributed by atoms with Crippen molar-refractivity contribution in [1.82, 2.24) is 0 Å². The molecule has 0 radical (unpaired) electrons. The van der Waals surface area contributed by atoms with Crippen LogP contribution in [-0.4, -0.2) is 0 Å². The first-order chi connectivity index (χ1) is 5.36. The van der Waals surface area contributed by atoms with Crippen molar-refractivity contribution in [3.63, 3.8) is 0 Å². The lowest BCUT2D eigenvalue weighted by Gasteiger charge is -2.12. The monoisotopic (exact) mass is 170 g/mol. The van der Waals surface area contributed by atoms with Gasteiger partial charge in [-0.2, -0.15) is 0 Å². The highest BCUT2D eigenvalue weighted by Crippen LogP contribution is 2.23. The van der Waals surface area contributed by atoms with E-state index in [1.807, 2.05) is 0 Å². The van der Waals surface area contributed by atoms with Crippen LogP contribution >= 0.6 is 9.47 Å². The Bertz CT molecular complexity index is 182. The van der Waals surface area contributed by atoms with Gasteiger partial charge in [0.1, 0.15) is 0 Å². The summed E-state index contributed by atoms with van der Waals surface area (Å²) in [5.74, 6) is 1.08. The van der Waals surface area contributed by atoms with E-state index in [0.717, 1.165) is 12.2 Å². The minimum absolute atomic E-state index is 1.06. The van der Waals surface area contributed by atoms with E-state index in [9.17, 15) is 0 Å². The van der Waals surface area contributed by atoms with Crippen LogP contribution in [0.2, 0.25) is 0 Å². The highest BCUT2D eigenvalue weighted by Gasteiger charge is 2.04. The molecular weight excluding hydrogens is 155 g/mol. The van der Waals surface area contributed by atoms with Gasteiger partial charge in [-0.1, -0.05) is 25.0 Å². The lowest BCUT2D eigenvalue weighted by Crippen LogP contribution is -1.92. The Labute approximate surface area is 70.8 Å². The zero-order valence-corrected chi connectivity index (χ0v) is 8.12. The van der Waals surface area contributed by atoms with Crippen molar-refractivity contribution >= 4 is 9.47 Å². The van der Waals surface area contributed by atoms with Crippen LogP contribution in [-0.2, 0) is 4.52 Å². The second-order valence-electron chi connectivity index (χ2n) is 2.83. The molecule has 0 bridgehead atoms. The quantitative estimate of drug-likeness (QED) is 0.591. The summed E-state index contributed by atoms with van der Waals surface area (Å²) >= 11 is 0. The van der Waals surface area contributed by atoms with Crippen molar-refractivity contribution in [1.29, 1.82) is 0 Å². The third-order valence-corrected chi connectivity index (χ3v) is 2.22. The standard InChI is InChI=1S/C9H15OP/c1-2-3-8-4-6-9(10-11)7-5-8/h4,6H,2-3,5,7,11H2,1H3. The molecule has 0 amide bonds. The molecule has 1 atom stereocenters. The molecule has 0 aliphatic heterocycles. The molecule has 0 aromatic rings. The van der Waals surface area contributed by atoms with Gasteiger partial charge >= 0.3 is 0 Å². The predicted molar refractivity (Wildman–Crippen MR) is 51.1 cm³/mol. The first kappa shape index (κ1) is 8.80. The highest BCUT2D eigenvalue weighted by molar-refractivity contribution is 7.10. The van der Waals surface area contributed by atoms with E-state index < -0.39 is 0 Å². The third kappa shape index (κ3) is 2.67. The molecular formula is C9H15OP. The second-order valence-corrected chi connectivity index (χ2v) is 3.06. The van der Waals surface area contributed by atoms with Gasteiger partial charge < -0.3 is 4.52 Å². The fourth-order valence-corrected chi connectivity index (χ4v) is 1.49. The zero-order chi connectivity index (χ0) is 8.10. The first-order valence-corrected chi connectivity index (χ1v) is 4.59. The lowest BCUT2D eigenvalue weighted by atomic mass is 10.00. The molecule has 0 spiro atoms. The summed E-state index contributed by atoms with van der Waals surface area (Å²) in [6.45, 7) is 2.21. The molecule has 0 aromatic carbocycles. The SMILES string of the molecule is CCCC1=CC=C(OP)CC1. The van der Waals surface area contributed by atoms with E-state index in [-0.39, 0.29) is 0 Å². The van der Waals surface area contributed by atoms with Crippen LogP contribution in [0.4, 0.5) is 0 Å². The molecule has 1 rings (SSSR count). The summed E-state index contributed by atoms with van der Waals surface area (Å²) in [7, 11) is 2.29. The van der Waals surface area contributed by atoms with Crippen molar-refractivity contribution in [2.24, 2.45) is 0 Å². The lowest BCUT2D eigenvalue weighted by molar-refractivity contribution is 0.462. The van der Waals surface area contributed by atoms with Crippen molar-refractivity contribution in [2.75, 3.05) is 0 Å². The molecule has 1 aliphatic carbocycles. The van der Waals surface area contributed by atoms with Gasteiger partial charge in [-0.25, -0.2) is 0 Å². The highest BCUT2D eigenvalue weighted by atomic mass is 31.0. The summed E-state index contributed by atoms with van der Waals surface area (Å²) in [4.78, 5) is 0. The van der Waals surface area contributed by atoms with Crippen molar-refractivity contribution in [3.8, 4) is 0 Å². The fourth-order valence-electron chi connectivity index (χ4n) is 1.29. The maximum Gasteiger partial charge on any atom is 0.0995 e. The van der Waals surface area contributed by atoms with Crippen molar-refractivity contribution < 1.29 is 4.52 Å². The molecule has 0 aromatic heterocycles. The molecule has 2 heteroatoms. The second kappa shape index (κ2) is 4.56. The van der Waals surface area contributed by atoms with Gasteiger partial charge in [0, 0.05) is 6.42 Å². The zero-order valence-electron chi connectivity index (χ0n) is 6.97. The smallest absolute Gasteiger partial charge is 0.0995 e. The largest absolute Gasteiger partial charge is 0.485 e. The Balaban J connectivity index is 2.47. The summed E-state index contributed by atoms with van der Waals surface area (Å²) in [5.41, 5.74) is 1.55. The van der Waals surface area contributed by atoms with Gasteiger partial charge in [0.2, 0.25) is 0 Å². The van der Waals surface area contributed by atoms with Gasteiger partial charge in [0.25, 0.3) is 0 Å². The van der Waals surface area contributed by atoms with E-state index in [0.29, 0.717) is 0 Å². The molecule has 0 saturated heterocycles. The van der Waals surface area contributed by atoms with Crippen LogP contribution in [0, 0.1) is 0 Å². The first-order valence-electron chi connectivity index (χ1n) is 4.12. The van der Waals surface area contributed by atoms with Gasteiger partial charge in [0.05, 0.1) is 15.2 Å². The summed E-state index contributed by atoms with van der Waals surface area (Å²) in [6, 6.07) is 0. The van der Waals surface area contributed by atoms with Crippen molar-refractivity contribution in [3.05, 3.63) is 23.5 Å². The van der Waals surface area contributed by atoms with Crippen LogP contribution < -0.4 is 0 Å². The number of hydrogen-bond acceptors (Lipinski definition) is 1. The van der Waals surface area contributed by atoms with Gasteiger partial charge in [-0.05, 0) is 18.9 Å². The molecule has 11 heavy (non-hydrogen) atoms. The normalized spacial score (nSPS) is 17.3. The molecule has 0 fully saturated rings. The van der Waals surface area contributed by atoms with Crippen LogP contribution in [0.15, 0.2) is 23.5 Å². The molecule has 0 saturated carbocycles. The van der Waals surface area contributed by atoms with Crippen molar-refractivity contribution in [2.45, 2.75) is 32.6 Å². The van der Waals surface area contributed by atoms with Gasteiger partial charge in [-0.15, -0.1) is 0 Å². The number of allylic oxidation sites excluding steroid dienone is 4. The van der Waals surface area contributed by atoms with Gasteiger partial charge in [0.15, 0.2) is 0 Å². The molecule has 1 nitrogen and oxygen atoms in total. The van der Waals surface area contributed by atoms with E-state index in [4.69, 9.17) is 4.52 Å². The molecule has 0 heterocycles. The third-order valence-electron chi connectivity index (χ3n) is 1.92. The van der Waals surface area contributed by atoms with Crippen LogP contribution in [0.25, 0.3) is 0 Å². The topological polar surface area (TPSA) is 9.23 Å². The Morgan fingerprint density at radius 2 is 2.27 bits per heavy atom. The maximum atomic E-state index is 5.05. The van der Waals surface area contributed by atoms with E-state index in [1.54, 1.807) is 5.57 Å². The Hall–Kier alpha value is -0.290. The van der Waals surface area contributed by atoms with E-state index >= 15 is 0 Å². The van der Waals surface area contributed by atoms with Crippen LogP contribution in [0.3, 0.4) is 0 Å². The minimum Gasteiger partial charge on any atom is -0.485 e. The van der Waals surface area contributed by atoms with Crippen LogP contribution in [0.5, 0.6) is 0 Å². The number of rotatable bonds is 3. The average molecular weight is 170 g/mol. The predicted octanol–water partition coefficient (Wildman–Crippen LogP) is 3.20. The van der Waals surface area contributed by atoms with E-state index in [2.05, 4.69) is 28.5 Å². The fraction of sp³-hybridized carbons (Fsp3) is 0.556. The van der Waals surface area contributed by atoms with Gasteiger partial charge in [-0.3, -0.25) is 0 Å². The maximum absolute atomic E-state index is 5.05. The summed E-state index contributed by atoms with van der Waals surface area (Å²) in [5, 5.41) is 0. The summed E-state index contributed by atoms with van der Waals surface area (Å²) in [6.07, 6.45) is 8.98.